The highest BCUT2D eigenvalue weighted by Gasteiger charge is 2.16. The van der Waals surface area contributed by atoms with Crippen LogP contribution >= 0.6 is 0 Å². The van der Waals surface area contributed by atoms with Gasteiger partial charge in [0.15, 0.2) is 11.5 Å². The van der Waals surface area contributed by atoms with Gasteiger partial charge in [0.2, 0.25) is 6.79 Å². The van der Waals surface area contributed by atoms with Crippen molar-refractivity contribution in [1.82, 2.24) is 10.6 Å². The van der Waals surface area contributed by atoms with Gasteiger partial charge in [0.05, 0.1) is 0 Å². The van der Waals surface area contributed by atoms with E-state index in [0.717, 1.165) is 31.2 Å². The fourth-order valence-electron chi connectivity index (χ4n) is 2.57. The zero-order chi connectivity index (χ0) is 17.4. The second-order valence-electron chi connectivity index (χ2n) is 6.00. The van der Waals surface area contributed by atoms with Crippen LogP contribution in [0, 0.1) is 5.92 Å². The monoisotopic (exact) mass is 334 g/mol. The molecule has 0 spiro atoms. The fraction of sp³-hybridized carbons (Fsp3) is 0.556. The van der Waals surface area contributed by atoms with Crippen molar-refractivity contribution in [3.8, 4) is 11.5 Å². The van der Waals surface area contributed by atoms with Crippen LogP contribution in [0.15, 0.2) is 18.2 Å². The third-order valence-electron chi connectivity index (χ3n) is 4.19. The first kappa shape index (κ1) is 18.1. The van der Waals surface area contributed by atoms with Gasteiger partial charge in [-0.3, -0.25) is 9.59 Å². The maximum atomic E-state index is 11.9. The van der Waals surface area contributed by atoms with Gasteiger partial charge in [0, 0.05) is 13.1 Å². The second kappa shape index (κ2) is 9.15. The Kier molecular flexibility index (Phi) is 6.90. The molecule has 1 aromatic rings. The molecule has 1 aliphatic rings. The Hall–Kier alpha value is -2.24. The molecule has 0 saturated heterocycles. The van der Waals surface area contributed by atoms with Gasteiger partial charge in [-0.2, -0.15) is 0 Å². The Morgan fingerprint density at radius 2 is 1.88 bits per heavy atom. The quantitative estimate of drug-likeness (QED) is 0.716. The third-order valence-corrected chi connectivity index (χ3v) is 4.19. The van der Waals surface area contributed by atoms with E-state index in [1.54, 1.807) is 12.1 Å². The molecule has 0 bridgehead atoms. The fourth-order valence-corrected chi connectivity index (χ4v) is 2.57. The summed E-state index contributed by atoms with van der Waals surface area (Å²) in [4.78, 5) is 23.8. The molecule has 1 aliphatic heterocycles. The number of hydrogen-bond donors (Lipinski definition) is 2. The summed E-state index contributed by atoms with van der Waals surface area (Å²) in [7, 11) is 0. The van der Waals surface area contributed by atoms with Crippen LogP contribution in [0.25, 0.3) is 0 Å². The number of carbonyl (C=O) groups is 2. The van der Waals surface area contributed by atoms with Gasteiger partial charge >= 0.3 is 11.8 Å². The largest absolute Gasteiger partial charge is 0.454 e. The van der Waals surface area contributed by atoms with Crippen molar-refractivity contribution in [2.45, 2.75) is 46.1 Å². The number of hydrogen-bond acceptors (Lipinski definition) is 4. The Labute approximate surface area is 142 Å². The van der Waals surface area contributed by atoms with E-state index in [4.69, 9.17) is 9.47 Å². The molecule has 0 saturated carbocycles. The van der Waals surface area contributed by atoms with Crippen molar-refractivity contribution in [2.24, 2.45) is 5.92 Å². The number of nitrogens with one attached hydrogen (secondary N) is 2. The first-order valence-electron chi connectivity index (χ1n) is 8.58. The molecule has 6 nitrogen and oxygen atoms in total. The van der Waals surface area contributed by atoms with Crippen molar-refractivity contribution in [3.05, 3.63) is 23.8 Å². The molecule has 1 aromatic carbocycles. The highest BCUT2D eigenvalue weighted by atomic mass is 16.7. The molecule has 1 heterocycles. The molecule has 2 N–H and O–H groups in total. The van der Waals surface area contributed by atoms with E-state index in [1.165, 1.54) is 0 Å². The van der Waals surface area contributed by atoms with Gasteiger partial charge in [0.25, 0.3) is 0 Å². The molecule has 132 valence electrons. The molecule has 1 atom stereocenters. The lowest BCUT2D eigenvalue weighted by molar-refractivity contribution is -0.139. The van der Waals surface area contributed by atoms with Gasteiger partial charge in [-0.05, 0) is 30.0 Å². The van der Waals surface area contributed by atoms with Crippen molar-refractivity contribution >= 4 is 11.8 Å². The lowest BCUT2D eigenvalue weighted by atomic mass is 9.99. The van der Waals surface area contributed by atoms with Crippen LogP contribution in [0.3, 0.4) is 0 Å². The summed E-state index contributed by atoms with van der Waals surface area (Å²) in [5.41, 5.74) is 0.856. The number of unbranched alkanes of at least 4 members (excludes halogenated alkanes) is 1. The number of benzene rings is 1. The van der Waals surface area contributed by atoms with Crippen molar-refractivity contribution < 1.29 is 19.1 Å². The number of fused-ring (bicyclic) bond motifs is 1. The lowest BCUT2D eigenvalue weighted by Gasteiger charge is -2.15. The highest BCUT2D eigenvalue weighted by molar-refractivity contribution is 6.35. The van der Waals surface area contributed by atoms with E-state index in [2.05, 4.69) is 24.5 Å². The molecule has 0 aliphatic carbocycles. The topological polar surface area (TPSA) is 76.7 Å². The summed E-state index contributed by atoms with van der Waals surface area (Å²) >= 11 is 0. The van der Waals surface area contributed by atoms with Crippen LogP contribution in [0.4, 0.5) is 0 Å². The van der Waals surface area contributed by atoms with Gasteiger partial charge in [-0.25, -0.2) is 0 Å². The summed E-state index contributed by atoms with van der Waals surface area (Å²) in [6.07, 6.45) is 4.36. The molecule has 6 heteroatoms. The Bertz CT molecular complexity index is 574. The predicted octanol–water partition coefficient (Wildman–Crippen LogP) is 2.36. The number of amides is 2. The molecule has 0 fully saturated rings. The summed E-state index contributed by atoms with van der Waals surface area (Å²) in [5, 5.41) is 5.35. The first-order chi connectivity index (χ1) is 11.6. The lowest BCUT2D eigenvalue weighted by Crippen LogP contribution is -2.41. The predicted molar refractivity (Wildman–Crippen MR) is 90.7 cm³/mol. The Morgan fingerprint density at radius 1 is 1.12 bits per heavy atom. The van der Waals surface area contributed by atoms with E-state index in [1.807, 2.05) is 6.07 Å². The van der Waals surface area contributed by atoms with Crippen molar-refractivity contribution in [3.63, 3.8) is 0 Å². The molecule has 0 unspecified atom stereocenters. The minimum Gasteiger partial charge on any atom is -0.454 e. The van der Waals surface area contributed by atoms with Crippen LogP contribution in [0.1, 0.15) is 45.1 Å². The second-order valence-corrected chi connectivity index (χ2v) is 6.00. The van der Waals surface area contributed by atoms with Gasteiger partial charge in [-0.15, -0.1) is 0 Å². The standard InChI is InChI=1S/C18H26N2O4/c1-3-5-6-13(4-2)10-19-17(21)18(22)20-11-14-7-8-15-16(9-14)24-12-23-15/h7-9,13H,3-6,10-12H2,1-2H3,(H,19,21)(H,20,22)/t13-/m1/s1. The minimum atomic E-state index is -0.613. The van der Waals surface area contributed by atoms with Crippen LogP contribution < -0.4 is 20.1 Å². The first-order valence-corrected chi connectivity index (χ1v) is 8.58. The van der Waals surface area contributed by atoms with E-state index >= 15 is 0 Å². The molecule has 2 rings (SSSR count). The number of ether oxygens (including phenoxy) is 2. The number of carbonyl (C=O) groups excluding carboxylic acids is 2. The molecular formula is C18H26N2O4. The third kappa shape index (κ3) is 5.15. The highest BCUT2D eigenvalue weighted by Crippen LogP contribution is 2.32. The average Bonchev–Trinajstić information content (AvgIpc) is 3.07. The van der Waals surface area contributed by atoms with Crippen molar-refractivity contribution in [2.75, 3.05) is 13.3 Å². The maximum absolute atomic E-state index is 11.9. The number of rotatable bonds is 8. The summed E-state index contributed by atoms with van der Waals surface area (Å²) in [5.74, 6) is 0.590. The Morgan fingerprint density at radius 3 is 2.62 bits per heavy atom. The van der Waals surface area contributed by atoms with Crippen LogP contribution in [0.2, 0.25) is 0 Å². The van der Waals surface area contributed by atoms with Crippen LogP contribution in [-0.2, 0) is 16.1 Å². The SMILES string of the molecule is CCCC[C@@H](CC)CNC(=O)C(=O)NCc1ccc2c(c1)OCO2. The van der Waals surface area contributed by atoms with Crippen LogP contribution in [0.5, 0.6) is 11.5 Å². The smallest absolute Gasteiger partial charge is 0.309 e. The summed E-state index contributed by atoms with van der Waals surface area (Å²) in [6.45, 7) is 5.29. The zero-order valence-corrected chi connectivity index (χ0v) is 14.4. The molecule has 0 aromatic heterocycles. The normalized spacial score (nSPS) is 13.4. The van der Waals surface area contributed by atoms with E-state index in [-0.39, 0.29) is 13.3 Å². The zero-order valence-electron chi connectivity index (χ0n) is 14.4. The van der Waals surface area contributed by atoms with Crippen LogP contribution in [-0.4, -0.2) is 25.2 Å². The van der Waals surface area contributed by atoms with Crippen molar-refractivity contribution in [1.29, 1.82) is 0 Å². The molecular weight excluding hydrogens is 308 g/mol. The summed E-state index contributed by atoms with van der Waals surface area (Å²) in [6, 6.07) is 5.44. The summed E-state index contributed by atoms with van der Waals surface area (Å²) < 4.78 is 10.5. The van der Waals surface area contributed by atoms with E-state index < -0.39 is 11.8 Å². The van der Waals surface area contributed by atoms with E-state index in [0.29, 0.717) is 24.0 Å². The minimum absolute atomic E-state index is 0.212. The molecule has 0 radical (unpaired) electrons. The van der Waals surface area contributed by atoms with Gasteiger partial charge in [-0.1, -0.05) is 39.2 Å². The Balaban J connectivity index is 1.74. The molecule has 2 amide bonds. The van der Waals surface area contributed by atoms with E-state index in [9.17, 15) is 9.59 Å². The van der Waals surface area contributed by atoms with Gasteiger partial charge in [0.1, 0.15) is 0 Å². The molecule has 24 heavy (non-hydrogen) atoms. The maximum Gasteiger partial charge on any atom is 0.309 e. The average molecular weight is 334 g/mol. The van der Waals surface area contributed by atoms with Gasteiger partial charge < -0.3 is 20.1 Å².